The van der Waals surface area contributed by atoms with Gasteiger partial charge >= 0.3 is 5.97 Å². The highest BCUT2D eigenvalue weighted by Crippen LogP contribution is 1.70. The molecule has 0 unspecified atom stereocenters. The molecule has 0 heterocycles. The zero-order chi connectivity index (χ0) is 10.6. The van der Waals surface area contributed by atoms with E-state index in [4.69, 9.17) is 9.90 Å². The van der Waals surface area contributed by atoms with E-state index in [1.165, 1.54) is 6.92 Å². The van der Waals surface area contributed by atoms with E-state index >= 15 is 0 Å². The third-order valence-electron chi connectivity index (χ3n) is 0.249. The molecule has 0 aromatic rings. The van der Waals surface area contributed by atoms with Crippen LogP contribution < -0.4 is 0 Å². The molecule has 0 aromatic heterocycles. The summed E-state index contributed by atoms with van der Waals surface area (Å²) < 4.78 is 4.17. The van der Waals surface area contributed by atoms with Crippen LogP contribution >= 0.6 is 0 Å². The van der Waals surface area contributed by atoms with Crippen LogP contribution in [-0.2, 0) is 14.3 Å². The van der Waals surface area contributed by atoms with Gasteiger partial charge in [0.05, 0.1) is 6.26 Å². The van der Waals surface area contributed by atoms with Crippen molar-refractivity contribution in [1.82, 2.24) is 0 Å². The van der Waals surface area contributed by atoms with E-state index in [-0.39, 0.29) is 5.97 Å². The number of esters is 1. The molecule has 0 fully saturated rings. The van der Waals surface area contributed by atoms with Gasteiger partial charge < -0.3 is 9.84 Å². The number of aliphatic carboxylic acids is 1. The summed E-state index contributed by atoms with van der Waals surface area (Å²) in [6.45, 7) is 11.6. The van der Waals surface area contributed by atoms with Crippen LogP contribution in [0.4, 0.5) is 0 Å². The molecule has 0 atom stereocenters. The lowest BCUT2D eigenvalue weighted by Gasteiger charge is -1.83. The van der Waals surface area contributed by atoms with Gasteiger partial charge in [-0.05, 0) is 0 Å². The van der Waals surface area contributed by atoms with Crippen molar-refractivity contribution in [1.29, 1.82) is 0 Å². The van der Waals surface area contributed by atoms with E-state index in [0.717, 1.165) is 13.2 Å². The molecule has 4 nitrogen and oxygen atoms in total. The first kappa shape index (κ1) is 16.8. The Kier molecular flexibility index (Phi) is 22.7. The number of carboxylic acids is 1. The summed E-state index contributed by atoms with van der Waals surface area (Å²) >= 11 is 0. The first-order valence-corrected chi connectivity index (χ1v) is 2.98. The Morgan fingerprint density at radius 3 is 1.58 bits per heavy atom. The lowest BCUT2D eigenvalue weighted by Crippen LogP contribution is -1.87. The third kappa shape index (κ3) is 230. The summed E-state index contributed by atoms with van der Waals surface area (Å²) in [5.41, 5.74) is 0. The van der Waals surface area contributed by atoms with Crippen molar-refractivity contribution in [3.8, 4) is 0 Å². The Balaban J connectivity index is -0.000000118. The predicted octanol–water partition coefficient (Wildman–Crippen LogP) is 1.59. The second kappa shape index (κ2) is 16.2. The van der Waals surface area contributed by atoms with Crippen LogP contribution in [-0.4, -0.2) is 17.0 Å². The maximum atomic E-state index is 9.75. The molecule has 0 bridgehead atoms. The van der Waals surface area contributed by atoms with Gasteiger partial charge in [-0.25, -0.2) is 0 Å². The van der Waals surface area contributed by atoms with Crippen molar-refractivity contribution < 1.29 is 19.4 Å². The van der Waals surface area contributed by atoms with Crippen LogP contribution in [0.5, 0.6) is 0 Å². The highest BCUT2D eigenvalue weighted by Gasteiger charge is 1.79. The quantitative estimate of drug-likeness (QED) is 0.372. The topological polar surface area (TPSA) is 63.6 Å². The Morgan fingerprint density at radius 2 is 1.58 bits per heavy atom. The minimum atomic E-state index is -0.833. The fraction of sp³-hybridized carbons (Fsp3) is 0.250. The summed E-state index contributed by atoms with van der Waals surface area (Å²) in [7, 11) is 0. The Hall–Kier alpha value is -1.58. The molecule has 12 heavy (non-hydrogen) atoms. The summed E-state index contributed by atoms with van der Waals surface area (Å²) in [5.74, 6) is -1.16. The van der Waals surface area contributed by atoms with Gasteiger partial charge in [0, 0.05) is 13.8 Å². The normalized spacial score (nSPS) is 5.83. The molecule has 70 valence electrons. The smallest absolute Gasteiger partial charge is 0.307 e. The Morgan fingerprint density at radius 1 is 1.33 bits per heavy atom. The maximum Gasteiger partial charge on any atom is 0.307 e. The number of carbonyl (C=O) groups excluding carboxylic acids is 1. The van der Waals surface area contributed by atoms with Crippen LogP contribution in [0.2, 0.25) is 0 Å². The van der Waals surface area contributed by atoms with Gasteiger partial charge in [0.1, 0.15) is 0 Å². The van der Waals surface area contributed by atoms with E-state index in [9.17, 15) is 4.79 Å². The molecule has 0 saturated carbocycles. The largest absolute Gasteiger partial charge is 0.481 e. The van der Waals surface area contributed by atoms with E-state index in [0.29, 0.717) is 0 Å². The van der Waals surface area contributed by atoms with Gasteiger partial charge in [-0.2, -0.15) is 0 Å². The lowest BCUT2D eigenvalue weighted by molar-refractivity contribution is -0.136. The molecule has 0 aliphatic carbocycles. The van der Waals surface area contributed by atoms with Gasteiger partial charge in [-0.3, -0.25) is 9.59 Å². The average Bonchev–Trinajstić information content (AvgIpc) is 1.90. The van der Waals surface area contributed by atoms with Crippen LogP contribution in [0, 0.1) is 0 Å². The second-order valence-electron chi connectivity index (χ2n) is 1.30. The number of carbonyl (C=O) groups is 2. The van der Waals surface area contributed by atoms with Crippen molar-refractivity contribution >= 4 is 11.9 Å². The molecule has 0 saturated heterocycles. The highest BCUT2D eigenvalue weighted by molar-refractivity contribution is 5.66. The number of carboxylic acid groups (broad SMARTS) is 1. The van der Waals surface area contributed by atoms with Crippen LogP contribution in [0.15, 0.2) is 26.0 Å². The van der Waals surface area contributed by atoms with Crippen molar-refractivity contribution in [2.45, 2.75) is 13.8 Å². The molecule has 0 spiro atoms. The van der Waals surface area contributed by atoms with Crippen molar-refractivity contribution in [2.75, 3.05) is 0 Å². The van der Waals surface area contributed by atoms with E-state index < -0.39 is 5.97 Å². The van der Waals surface area contributed by atoms with Gasteiger partial charge in [0.25, 0.3) is 5.97 Å². The number of ether oxygens (including phenoxy) is 1. The molecule has 0 aromatic carbocycles. The van der Waals surface area contributed by atoms with Gasteiger partial charge in [-0.1, -0.05) is 6.58 Å². The predicted molar refractivity (Wildman–Crippen MR) is 46.5 cm³/mol. The first-order chi connectivity index (χ1) is 5.50. The molecule has 0 aliphatic rings. The molecule has 0 aliphatic heterocycles. The first-order valence-electron chi connectivity index (χ1n) is 2.98. The second-order valence-corrected chi connectivity index (χ2v) is 1.30. The SMILES string of the molecule is C=C.C=COC(C)=O.CC(=O)O. The van der Waals surface area contributed by atoms with Crippen LogP contribution in [0.3, 0.4) is 0 Å². The Bertz CT molecular complexity index is 136. The van der Waals surface area contributed by atoms with Crippen molar-refractivity contribution in [2.24, 2.45) is 0 Å². The average molecular weight is 174 g/mol. The van der Waals surface area contributed by atoms with Gasteiger partial charge in [-0.15, -0.1) is 13.2 Å². The van der Waals surface area contributed by atoms with Gasteiger partial charge in [0.15, 0.2) is 0 Å². The van der Waals surface area contributed by atoms with Crippen molar-refractivity contribution in [3.05, 3.63) is 26.0 Å². The van der Waals surface area contributed by atoms with Crippen LogP contribution in [0.1, 0.15) is 13.8 Å². The Labute approximate surface area is 72.2 Å². The van der Waals surface area contributed by atoms with E-state index in [1.54, 1.807) is 0 Å². The summed E-state index contributed by atoms with van der Waals surface area (Å²) in [6.07, 6.45) is 1.10. The lowest BCUT2D eigenvalue weighted by atomic mass is 10.8. The minimum absolute atomic E-state index is 0.329. The fourth-order valence-electron chi connectivity index (χ4n) is 0.117. The molecular formula is C8H14O4. The molecule has 1 N–H and O–H groups in total. The van der Waals surface area contributed by atoms with Gasteiger partial charge in [0.2, 0.25) is 0 Å². The van der Waals surface area contributed by atoms with Crippen LogP contribution in [0.25, 0.3) is 0 Å². The zero-order valence-electron chi connectivity index (χ0n) is 7.37. The summed E-state index contributed by atoms with van der Waals surface area (Å²) in [4.78, 5) is 18.8. The van der Waals surface area contributed by atoms with Crippen molar-refractivity contribution in [3.63, 3.8) is 0 Å². The fourth-order valence-corrected chi connectivity index (χ4v) is 0.117. The number of hydrogen-bond donors (Lipinski definition) is 1. The molecule has 0 rings (SSSR count). The monoisotopic (exact) mass is 174 g/mol. The standard InChI is InChI=1S/C4H6O2.C2H4O2.C2H4/c1-3-6-4(2)5;1-2(3)4;1-2/h3H,1H2,2H3;1H3,(H,3,4);1-2H2. The molecular weight excluding hydrogens is 160 g/mol. The van der Waals surface area contributed by atoms with E-state index in [1.807, 2.05) is 0 Å². The third-order valence-corrected chi connectivity index (χ3v) is 0.249. The zero-order valence-corrected chi connectivity index (χ0v) is 7.37. The molecule has 0 amide bonds. The number of rotatable bonds is 1. The summed E-state index contributed by atoms with van der Waals surface area (Å²) in [5, 5.41) is 7.42. The molecule has 0 radical (unpaired) electrons. The summed E-state index contributed by atoms with van der Waals surface area (Å²) in [6, 6.07) is 0. The number of hydrogen-bond acceptors (Lipinski definition) is 3. The maximum absolute atomic E-state index is 9.75. The highest BCUT2D eigenvalue weighted by atomic mass is 16.5. The van der Waals surface area contributed by atoms with E-state index in [2.05, 4.69) is 24.5 Å². The minimum Gasteiger partial charge on any atom is -0.481 e. The molecule has 4 heteroatoms.